The SMILES string of the molecule is CS(=O)(=O)C(CCCCCCCCCCCN)S(C)(=O)=O. The molecule has 0 aromatic carbocycles. The van der Waals surface area contributed by atoms with Crippen LogP contribution in [0, 0.1) is 0 Å². The molecule has 0 unspecified atom stereocenters. The molecule has 0 rings (SSSR count). The number of nitrogens with two attached hydrogens (primary N) is 1. The molecule has 0 amide bonds. The summed E-state index contributed by atoms with van der Waals surface area (Å²) >= 11 is 0. The van der Waals surface area contributed by atoms with E-state index in [9.17, 15) is 16.8 Å². The van der Waals surface area contributed by atoms with Crippen LogP contribution in [0.4, 0.5) is 0 Å². The predicted molar refractivity (Wildman–Crippen MR) is 88.7 cm³/mol. The summed E-state index contributed by atoms with van der Waals surface area (Å²) in [5.74, 6) is 0. The Morgan fingerprint density at radius 3 is 1.33 bits per heavy atom. The highest BCUT2D eigenvalue weighted by molar-refractivity contribution is 8.08. The van der Waals surface area contributed by atoms with Crippen LogP contribution in [0.25, 0.3) is 0 Å². The fraction of sp³-hybridized carbons (Fsp3) is 1.00. The van der Waals surface area contributed by atoms with Crippen LogP contribution in [0.3, 0.4) is 0 Å². The first kappa shape index (κ1) is 20.9. The zero-order chi connectivity index (χ0) is 16.4. The smallest absolute Gasteiger partial charge is 0.164 e. The van der Waals surface area contributed by atoms with Gasteiger partial charge in [-0.1, -0.05) is 51.4 Å². The molecule has 0 saturated carbocycles. The first-order valence-corrected chi connectivity index (χ1v) is 11.7. The van der Waals surface area contributed by atoms with Crippen LogP contribution in [0.2, 0.25) is 0 Å². The summed E-state index contributed by atoms with van der Waals surface area (Å²) in [5.41, 5.74) is 5.42. The molecule has 0 fully saturated rings. The molecule has 0 saturated heterocycles. The number of rotatable bonds is 13. The van der Waals surface area contributed by atoms with E-state index < -0.39 is 24.3 Å². The quantitative estimate of drug-likeness (QED) is 0.519. The van der Waals surface area contributed by atoms with Crippen molar-refractivity contribution >= 4 is 19.7 Å². The van der Waals surface area contributed by atoms with Gasteiger partial charge in [0.1, 0.15) is 0 Å². The van der Waals surface area contributed by atoms with Crippen molar-refractivity contribution in [1.82, 2.24) is 0 Å². The van der Waals surface area contributed by atoms with Crippen LogP contribution in [-0.2, 0) is 19.7 Å². The molecular weight excluding hydrogens is 310 g/mol. The number of unbranched alkanes of at least 4 members (excludes halogenated alkanes) is 8. The van der Waals surface area contributed by atoms with E-state index in [-0.39, 0.29) is 6.42 Å². The molecule has 0 aliphatic rings. The molecule has 0 heterocycles. The summed E-state index contributed by atoms with van der Waals surface area (Å²) in [7, 11) is -7.06. The maximum absolute atomic E-state index is 11.5. The van der Waals surface area contributed by atoms with Crippen molar-refractivity contribution in [3.8, 4) is 0 Å². The van der Waals surface area contributed by atoms with E-state index in [1.807, 2.05) is 0 Å². The van der Waals surface area contributed by atoms with Crippen LogP contribution in [0.15, 0.2) is 0 Å². The molecule has 5 nitrogen and oxygen atoms in total. The fourth-order valence-corrected chi connectivity index (χ4v) is 6.17. The van der Waals surface area contributed by atoms with Crippen molar-refractivity contribution in [2.24, 2.45) is 5.73 Å². The van der Waals surface area contributed by atoms with Crippen molar-refractivity contribution in [3.05, 3.63) is 0 Å². The summed E-state index contributed by atoms with van der Waals surface area (Å²) < 4.78 is 44.7. The average Bonchev–Trinajstić information content (AvgIpc) is 2.32. The monoisotopic (exact) mass is 341 g/mol. The van der Waals surface area contributed by atoms with Gasteiger partial charge in [0, 0.05) is 12.5 Å². The zero-order valence-corrected chi connectivity index (χ0v) is 15.0. The maximum Gasteiger partial charge on any atom is 0.164 e. The van der Waals surface area contributed by atoms with Gasteiger partial charge in [-0.3, -0.25) is 0 Å². The molecule has 0 aliphatic carbocycles. The Morgan fingerprint density at radius 2 is 1.00 bits per heavy atom. The van der Waals surface area contributed by atoms with Crippen molar-refractivity contribution in [2.75, 3.05) is 19.1 Å². The van der Waals surface area contributed by atoms with E-state index in [1.165, 1.54) is 25.7 Å². The Morgan fingerprint density at radius 1 is 0.667 bits per heavy atom. The van der Waals surface area contributed by atoms with Gasteiger partial charge in [0.2, 0.25) is 0 Å². The second kappa shape index (κ2) is 10.6. The highest BCUT2D eigenvalue weighted by atomic mass is 32.3. The molecule has 128 valence electrons. The number of sulfone groups is 2. The second-order valence-electron chi connectivity index (χ2n) is 5.85. The lowest BCUT2D eigenvalue weighted by molar-refractivity contribution is 0.544. The molecule has 0 aliphatic heterocycles. The molecule has 0 spiro atoms. The van der Waals surface area contributed by atoms with E-state index >= 15 is 0 Å². The van der Waals surface area contributed by atoms with Gasteiger partial charge in [0.25, 0.3) is 0 Å². The lowest BCUT2D eigenvalue weighted by atomic mass is 10.1. The molecule has 0 aromatic rings. The largest absolute Gasteiger partial charge is 0.330 e. The minimum atomic E-state index is -3.53. The van der Waals surface area contributed by atoms with E-state index in [2.05, 4.69) is 0 Å². The minimum Gasteiger partial charge on any atom is -0.330 e. The van der Waals surface area contributed by atoms with Gasteiger partial charge in [0.05, 0.1) is 0 Å². The second-order valence-corrected chi connectivity index (χ2v) is 10.6. The summed E-state index contributed by atoms with van der Waals surface area (Å²) in [5, 5.41) is 0. The lowest BCUT2D eigenvalue weighted by Gasteiger charge is -2.12. The van der Waals surface area contributed by atoms with Crippen molar-refractivity contribution in [1.29, 1.82) is 0 Å². The summed E-state index contributed by atoms with van der Waals surface area (Å²) in [6.07, 6.45) is 11.8. The van der Waals surface area contributed by atoms with E-state index in [0.29, 0.717) is 6.42 Å². The van der Waals surface area contributed by atoms with Crippen LogP contribution in [0.5, 0.6) is 0 Å². The third kappa shape index (κ3) is 11.1. The first-order valence-electron chi connectivity index (χ1n) is 7.77. The molecule has 7 heteroatoms. The van der Waals surface area contributed by atoms with Gasteiger partial charge in [-0.05, 0) is 19.4 Å². The summed E-state index contributed by atoms with van der Waals surface area (Å²) in [6.45, 7) is 0.766. The molecule has 0 radical (unpaired) electrons. The fourth-order valence-electron chi connectivity index (χ4n) is 2.44. The highest BCUT2D eigenvalue weighted by Gasteiger charge is 2.30. The Kier molecular flexibility index (Phi) is 10.5. The van der Waals surface area contributed by atoms with E-state index in [1.54, 1.807) is 0 Å². The molecule has 21 heavy (non-hydrogen) atoms. The zero-order valence-electron chi connectivity index (χ0n) is 13.4. The lowest BCUT2D eigenvalue weighted by Crippen LogP contribution is -2.28. The van der Waals surface area contributed by atoms with Gasteiger partial charge in [-0.15, -0.1) is 0 Å². The Balaban J connectivity index is 3.75. The van der Waals surface area contributed by atoms with Crippen LogP contribution >= 0.6 is 0 Å². The van der Waals surface area contributed by atoms with Crippen molar-refractivity contribution in [3.63, 3.8) is 0 Å². The van der Waals surface area contributed by atoms with Crippen LogP contribution in [0.1, 0.15) is 64.2 Å². The predicted octanol–water partition coefficient (Wildman–Crippen LogP) is 2.26. The van der Waals surface area contributed by atoms with Gasteiger partial charge in [-0.25, -0.2) is 16.8 Å². The third-order valence-electron chi connectivity index (χ3n) is 3.60. The normalized spacial score (nSPS) is 13.0. The van der Waals surface area contributed by atoms with E-state index in [4.69, 9.17) is 5.73 Å². The summed E-state index contributed by atoms with van der Waals surface area (Å²) in [4.78, 5) is 0. The van der Waals surface area contributed by atoms with Crippen molar-refractivity contribution in [2.45, 2.75) is 68.8 Å². The number of hydrogen-bond donors (Lipinski definition) is 1. The molecule has 2 N–H and O–H groups in total. The Bertz CT molecular complexity index is 425. The minimum absolute atomic E-state index is 0.216. The molecule has 0 bridgehead atoms. The molecule has 0 aromatic heterocycles. The average molecular weight is 342 g/mol. The Labute approximate surface area is 130 Å². The van der Waals surface area contributed by atoms with Crippen LogP contribution in [-0.4, -0.2) is 40.5 Å². The molecule has 0 atom stereocenters. The standard InChI is InChI=1S/C14H31NO4S2/c1-20(16,17)14(21(2,18)19)12-10-8-6-4-3-5-7-9-11-13-15/h14H,3-13,15H2,1-2H3. The van der Waals surface area contributed by atoms with Gasteiger partial charge >= 0.3 is 0 Å². The molecular formula is C14H31NO4S2. The van der Waals surface area contributed by atoms with Gasteiger partial charge in [0.15, 0.2) is 24.3 Å². The van der Waals surface area contributed by atoms with Crippen molar-refractivity contribution < 1.29 is 16.8 Å². The maximum atomic E-state index is 11.5. The third-order valence-corrected chi connectivity index (χ3v) is 8.08. The highest BCUT2D eigenvalue weighted by Crippen LogP contribution is 2.17. The van der Waals surface area contributed by atoms with E-state index in [0.717, 1.165) is 44.7 Å². The van der Waals surface area contributed by atoms with Gasteiger partial charge < -0.3 is 5.73 Å². The topological polar surface area (TPSA) is 94.3 Å². The number of hydrogen-bond acceptors (Lipinski definition) is 5. The van der Waals surface area contributed by atoms with Crippen LogP contribution < -0.4 is 5.73 Å². The summed E-state index contributed by atoms with van der Waals surface area (Å²) in [6, 6.07) is 0. The van der Waals surface area contributed by atoms with Gasteiger partial charge in [-0.2, -0.15) is 0 Å². The first-order chi connectivity index (χ1) is 9.69. The Hall–Kier alpha value is -0.140.